The van der Waals surface area contributed by atoms with Gasteiger partial charge in [0.1, 0.15) is 11.7 Å². The minimum Gasteiger partial charge on any atom is -0.456 e. The van der Waals surface area contributed by atoms with Crippen molar-refractivity contribution in [3.63, 3.8) is 0 Å². The number of nitrogens with one attached hydrogen (secondary N) is 1. The van der Waals surface area contributed by atoms with Gasteiger partial charge in [0.15, 0.2) is 6.67 Å². The number of carbonyl (C=O) groups excluding carboxylic acids is 2. The minimum absolute atomic E-state index is 0.135. The highest BCUT2D eigenvalue weighted by molar-refractivity contribution is 5.87. The first-order valence-corrected chi connectivity index (χ1v) is 12.2. The van der Waals surface area contributed by atoms with Crippen LogP contribution in [0.3, 0.4) is 0 Å². The van der Waals surface area contributed by atoms with Crippen LogP contribution in [-0.2, 0) is 19.1 Å². The molecule has 33 heavy (non-hydrogen) atoms. The van der Waals surface area contributed by atoms with Crippen LogP contribution in [0.1, 0.15) is 58.9 Å². The topological polar surface area (TPSA) is 64.6 Å². The van der Waals surface area contributed by atoms with Crippen molar-refractivity contribution in [2.75, 3.05) is 6.67 Å². The average molecular weight is 458 g/mol. The van der Waals surface area contributed by atoms with Gasteiger partial charge in [-0.3, -0.25) is 4.79 Å². The highest BCUT2D eigenvalue weighted by Crippen LogP contribution is 2.62. The van der Waals surface area contributed by atoms with E-state index in [2.05, 4.69) is 33.0 Å². The van der Waals surface area contributed by atoms with Crippen LogP contribution in [0.5, 0.6) is 0 Å². The molecule has 6 heteroatoms. The Bertz CT molecular complexity index is 903. The molecule has 1 aromatic carbocycles. The molecule has 3 aliphatic rings. The van der Waals surface area contributed by atoms with Crippen molar-refractivity contribution in [3.8, 4) is 0 Å². The lowest BCUT2D eigenvalue weighted by Gasteiger charge is -2.52. The summed E-state index contributed by atoms with van der Waals surface area (Å²) >= 11 is 0. The highest BCUT2D eigenvalue weighted by Gasteiger charge is 2.70. The fourth-order valence-corrected chi connectivity index (χ4v) is 6.80. The summed E-state index contributed by atoms with van der Waals surface area (Å²) in [6.45, 7) is 7.48. The van der Waals surface area contributed by atoms with Crippen molar-refractivity contribution in [2.45, 2.75) is 76.7 Å². The molecule has 7 atom stereocenters. The Morgan fingerprint density at radius 3 is 2.67 bits per heavy atom. The molecule has 2 aliphatic heterocycles. The van der Waals surface area contributed by atoms with Gasteiger partial charge in [-0.2, -0.15) is 0 Å². The molecule has 2 bridgehead atoms. The number of ether oxygens (including phenoxy) is 2. The number of rotatable bonds is 7. The van der Waals surface area contributed by atoms with Gasteiger partial charge < -0.3 is 14.8 Å². The van der Waals surface area contributed by atoms with Gasteiger partial charge in [0, 0.05) is 18.4 Å². The van der Waals surface area contributed by atoms with E-state index in [1.165, 1.54) is 6.08 Å². The molecule has 1 aromatic rings. The average Bonchev–Trinajstić information content (AvgIpc) is 3.27. The molecule has 0 spiro atoms. The monoisotopic (exact) mass is 457 g/mol. The number of hydrogen-bond acceptors (Lipinski definition) is 4. The second-order valence-electron chi connectivity index (χ2n) is 10.7. The number of benzene rings is 1. The van der Waals surface area contributed by atoms with Crippen LogP contribution >= 0.6 is 0 Å². The lowest BCUT2D eigenvalue weighted by Crippen LogP contribution is -2.61. The van der Waals surface area contributed by atoms with Crippen LogP contribution in [0.4, 0.5) is 4.39 Å². The molecular formula is C27H36FNO4. The van der Waals surface area contributed by atoms with Gasteiger partial charge in [0.25, 0.3) is 5.91 Å². The molecule has 180 valence electrons. The van der Waals surface area contributed by atoms with E-state index >= 15 is 0 Å². The summed E-state index contributed by atoms with van der Waals surface area (Å²) in [5.74, 6) is -0.0391. The molecule has 1 N–H and O–H groups in total. The molecule has 7 unspecified atom stereocenters. The molecule has 3 fully saturated rings. The number of esters is 1. The van der Waals surface area contributed by atoms with Gasteiger partial charge in [-0.1, -0.05) is 51.1 Å². The summed E-state index contributed by atoms with van der Waals surface area (Å²) in [4.78, 5) is 25.0. The molecule has 1 amide bonds. The second kappa shape index (κ2) is 9.21. The van der Waals surface area contributed by atoms with Crippen LogP contribution < -0.4 is 5.32 Å². The van der Waals surface area contributed by atoms with Gasteiger partial charge in [0.05, 0.1) is 11.6 Å². The van der Waals surface area contributed by atoms with Gasteiger partial charge in [-0.05, 0) is 55.6 Å². The highest BCUT2D eigenvalue weighted by atomic mass is 19.1. The summed E-state index contributed by atoms with van der Waals surface area (Å²) < 4.78 is 26.1. The van der Waals surface area contributed by atoms with Gasteiger partial charge in [-0.15, -0.1) is 0 Å². The van der Waals surface area contributed by atoms with Crippen LogP contribution in [-0.4, -0.2) is 41.9 Å². The Hall–Kier alpha value is -2.21. The first kappa shape index (κ1) is 23.9. The van der Waals surface area contributed by atoms with Gasteiger partial charge >= 0.3 is 5.97 Å². The molecule has 5 nitrogen and oxygen atoms in total. The fraction of sp³-hybridized carbons (Fsp3) is 0.630. The van der Waals surface area contributed by atoms with Crippen molar-refractivity contribution < 1.29 is 23.5 Å². The number of carbonyl (C=O) groups is 2. The van der Waals surface area contributed by atoms with E-state index in [1.54, 1.807) is 6.08 Å². The molecular weight excluding hydrogens is 421 g/mol. The Labute approximate surface area is 196 Å². The summed E-state index contributed by atoms with van der Waals surface area (Å²) in [6.07, 6.45) is 6.03. The minimum atomic E-state index is -1.04. The zero-order valence-electron chi connectivity index (χ0n) is 20.1. The van der Waals surface area contributed by atoms with E-state index in [-0.39, 0.29) is 23.8 Å². The Balaban J connectivity index is 1.66. The third kappa shape index (κ3) is 4.46. The molecule has 4 rings (SSSR count). The van der Waals surface area contributed by atoms with Crippen molar-refractivity contribution in [1.29, 1.82) is 0 Å². The van der Waals surface area contributed by atoms with Crippen LogP contribution in [0.25, 0.3) is 6.08 Å². The smallest absolute Gasteiger partial charge is 0.331 e. The van der Waals surface area contributed by atoms with E-state index in [1.807, 2.05) is 30.3 Å². The Kier molecular flexibility index (Phi) is 6.68. The molecule has 2 heterocycles. The summed E-state index contributed by atoms with van der Waals surface area (Å²) in [5, 5.41) is 2.89. The van der Waals surface area contributed by atoms with Crippen molar-refractivity contribution in [2.24, 2.45) is 23.7 Å². The zero-order chi connectivity index (χ0) is 23.8. The summed E-state index contributed by atoms with van der Waals surface area (Å²) in [7, 11) is 0. The normalized spacial score (nSPS) is 37.3. The number of hydrogen-bond donors (Lipinski definition) is 1. The predicted octanol–water partition coefficient (Wildman–Crippen LogP) is 4.71. The van der Waals surface area contributed by atoms with E-state index in [0.717, 1.165) is 18.4 Å². The standard InChI is InChI=1S/C27H36FNO4/c1-17(2)14-27-15-21(29-22(30)16-28)26(4,33-27)20-12-10-18(3)24(20)25(27)32-23(31)13-11-19-8-6-5-7-9-19/h5-9,11,13,17-18,20-21,24-25H,10,12,14-16H2,1-4H3,(H,29,30)/b13-11+. The predicted molar refractivity (Wildman–Crippen MR) is 125 cm³/mol. The van der Waals surface area contributed by atoms with Crippen LogP contribution in [0, 0.1) is 23.7 Å². The largest absolute Gasteiger partial charge is 0.456 e. The molecule has 1 saturated carbocycles. The fourth-order valence-electron chi connectivity index (χ4n) is 6.80. The lowest BCUT2D eigenvalue weighted by atomic mass is 9.70. The number of alkyl halides is 1. The van der Waals surface area contributed by atoms with Gasteiger partial charge in [0.2, 0.25) is 0 Å². The van der Waals surface area contributed by atoms with E-state index in [4.69, 9.17) is 9.47 Å². The Morgan fingerprint density at radius 2 is 2.00 bits per heavy atom. The SMILES string of the molecule is CC(C)CC12CC(NC(=O)CF)C(C)(O1)C1CCC(C)C1C2OC(=O)/C=C/c1ccccc1. The van der Waals surface area contributed by atoms with Crippen LogP contribution in [0.2, 0.25) is 0 Å². The lowest BCUT2D eigenvalue weighted by molar-refractivity contribution is -0.250. The number of fused-ring (bicyclic) bond motifs is 4. The van der Waals surface area contributed by atoms with Crippen molar-refractivity contribution in [1.82, 2.24) is 5.32 Å². The van der Waals surface area contributed by atoms with E-state index < -0.39 is 29.9 Å². The summed E-state index contributed by atoms with van der Waals surface area (Å²) in [5.41, 5.74) is -0.369. The van der Waals surface area contributed by atoms with Crippen LogP contribution in [0.15, 0.2) is 36.4 Å². The maximum Gasteiger partial charge on any atom is 0.331 e. The number of amides is 1. The first-order valence-electron chi connectivity index (χ1n) is 12.2. The number of halogens is 1. The first-order chi connectivity index (χ1) is 15.7. The molecule has 2 saturated heterocycles. The quantitative estimate of drug-likeness (QED) is 0.476. The molecule has 0 radical (unpaired) electrons. The molecule has 0 aromatic heterocycles. The second-order valence-corrected chi connectivity index (χ2v) is 10.7. The van der Waals surface area contributed by atoms with E-state index in [0.29, 0.717) is 24.7 Å². The van der Waals surface area contributed by atoms with Gasteiger partial charge in [-0.25, -0.2) is 9.18 Å². The maximum atomic E-state index is 13.1. The summed E-state index contributed by atoms with van der Waals surface area (Å²) in [6, 6.07) is 9.34. The zero-order valence-corrected chi connectivity index (χ0v) is 20.1. The third-order valence-electron chi connectivity index (χ3n) is 7.99. The Morgan fingerprint density at radius 1 is 1.27 bits per heavy atom. The maximum absolute atomic E-state index is 13.1. The molecule has 1 aliphatic carbocycles. The van der Waals surface area contributed by atoms with Crippen molar-refractivity contribution in [3.05, 3.63) is 42.0 Å². The van der Waals surface area contributed by atoms with Crippen molar-refractivity contribution >= 4 is 18.0 Å². The van der Waals surface area contributed by atoms with E-state index in [9.17, 15) is 14.0 Å². The third-order valence-corrected chi connectivity index (χ3v) is 7.99.